The number of ether oxygens (including phenoxy) is 9. The molecule has 0 aliphatic carbocycles. The van der Waals surface area contributed by atoms with Crippen molar-refractivity contribution in [1.29, 1.82) is 0 Å². The van der Waals surface area contributed by atoms with Crippen LogP contribution in [0.5, 0.6) is 5.75 Å². The van der Waals surface area contributed by atoms with Gasteiger partial charge in [0.2, 0.25) is 0 Å². The minimum atomic E-state index is -0.163. The molecule has 0 bridgehead atoms. The molecule has 0 fully saturated rings. The Hall–Kier alpha value is -2.61. The molecular weight excluding hydrogens is 708 g/mol. The number of aliphatic hydroxyl groups excluding tert-OH is 2. The molecule has 1 heterocycles. The first kappa shape index (κ1) is 44.8. The normalized spacial score (nSPS) is 14.1. The number of fused-ring (bicyclic) bond motifs is 1. The fourth-order valence-corrected chi connectivity index (χ4v) is 6.23. The Balaban J connectivity index is 1.47. The summed E-state index contributed by atoms with van der Waals surface area (Å²) in [5, 5.41) is 26.8. The Morgan fingerprint density at radius 3 is 1.58 bits per heavy atom. The number of anilines is 2. The molecule has 0 saturated carbocycles. The number of methoxy groups -OCH3 is 1. The number of benzene rings is 2. The van der Waals surface area contributed by atoms with Gasteiger partial charge in [0.1, 0.15) is 5.75 Å². The zero-order valence-corrected chi connectivity index (χ0v) is 32.7. The molecule has 15 nitrogen and oxygen atoms in total. The molecule has 0 amide bonds. The van der Waals surface area contributed by atoms with E-state index in [9.17, 15) is 0 Å². The number of aryl methyl sites for hydroxylation is 2. The van der Waals surface area contributed by atoms with E-state index in [1.807, 2.05) is 19.2 Å². The lowest BCUT2D eigenvalue weighted by atomic mass is 10.1. The summed E-state index contributed by atoms with van der Waals surface area (Å²) in [6.07, 6.45) is 0. The lowest BCUT2D eigenvalue weighted by Crippen LogP contribution is -2.32. The van der Waals surface area contributed by atoms with Crippen molar-refractivity contribution in [3.63, 3.8) is 0 Å². The molecule has 0 radical (unpaired) electrons. The lowest BCUT2D eigenvalue weighted by molar-refractivity contribution is -0.00591. The van der Waals surface area contributed by atoms with Gasteiger partial charge in [0.15, 0.2) is 5.50 Å². The zero-order chi connectivity index (χ0) is 37.9. The molecule has 1 atom stereocenters. The van der Waals surface area contributed by atoms with Crippen LogP contribution in [0.2, 0.25) is 0 Å². The summed E-state index contributed by atoms with van der Waals surface area (Å²) in [4.78, 5) is 5.51. The van der Waals surface area contributed by atoms with Crippen molar-refractivity contribution in [2.75, 3.05) is 156 Å². The average Bonchev–Trinajstić information content (AvgIpc) is 3.48. The maximum absolute atomic E-state index is 8.72. The van der Waals surface area contributed by atoms with Crippen LogP contribution in [0.1, 0.15) is 11.1 Å². The minimum Gasteiger partial charge on any atom is -0.497 e. The van der Waals surface area contributed by atoms with E-state index in [-0.39, 0.29) is 18.7 Å². The molecule has 1 unspecified atom stereocenters. The van der Waals surface area contributed by atoms with E-state index >= 15 is 0 Å². The third kappa shape index (κ3) is 17.6. The summed E-state index contributed by atoms with van der Waals surface area (Å²) < 4.78 is 49.7. The van der Waals surface area contributed by atoms with E-state index in [2.05, 4.69) is 41.8 Å². The lowest BCUT2D eigenvalue weighted by Gasteiger charge is -2.27. The summed E-state index contributed by atoms with van der Waals surface area (Å²) in [6, 6.07) is 10.3. The quantitative estimate of drug-likeness (QED) is 0.0818. The molecule has 0 spiro atoms. The molecule has 16 heteroatoms. The second-order valence-corrected chi connectivity index (χ2v) is 13.0. The maximum atomic E-state index is 8.72. The van der Waals surface area contributed by atoms with Gasteiger partial charge < -0.3 is 62.6 Å². The van der Waals surface area contributed by atoms with E-state index in [0.717, 1.165) is 38.8 Å². The second kappa shape index (κ2) is 27.9. The van der Waals surface area contributed by atoms with Gasteiger partial charge in [-0.3, -0.25) is 0 Å². The van der Waals surface area contributed by atoms with Crippen LogP contribution in [0, 0.1) is 13.8 Å². The first-order valence-electron chi connectivity index (χ1n) is 18.2. The van der Waals surface area contributed by atoms with Crippen molar-refractivity contribution >= 4 is 28.8 Å². The Bertz CT molecular complexity index is 1270. The first-order chi connectivity index (χ1) is 26.0. The van der Waals surface area contributed by atoms with Gasteiger partial charge in [0.25, 0.3) is 0 Å². The Labute approximate surface area is 318 Å². The SMILES string of the molecule is COc1ccc2c(c1)SC(N=Nc1cc(C)c(N(CCOCCOCCOCCOCCO)CCOCCOCCOCCOCCO)cc1C)N2C. The van der Waals surface area contributed by atoms with Crippen LogP contribution in [0.25, 0.3) is 0 Å². The molecule has 3 rings (SSSR count). The molecule has 300 valence electrons. The third-order valence-electron chi connectivity index (χ3n) is 7.94. The van der Waals surface area contributed by atoms with Crippen LogP contribution in [0.4, 0.5) is 17.1 Å². The van der Waals surface area contributed by atoms with Gasteiger partial charge in [0.05, 0.1) is 137 Å². The molecule has 1 aliphatic heterocycles. The predicted octanol–water partition coefficient (Wildman–Crippen LogP) is 3.85. The molecule has 0 aromatic heterocycles. The van der Waals surface area contributed by atoms with Crippen molar-refractivity contribution in [2.24, 2.45) is 10.2 Å². The molecule has 2 aromatic carbocycles. The van der Waals surface area contributed by atoms with Gasteiger partial charge in [-0.15, -0.1) is 0 Å². The number of aliphatic hydroxyl groups is 2. The Morgan fingerprint density at radius 2 is 1.11 bits per heavy atom. The predicted molar refractivity (Wildman–Crippen MR) is 204 cm³/mol. The van der Waals surface area contributed by atoms with Crippen molar-refractivity contribution in [1.82, 2.24) is 0 Å². The summed E-state index contributed by atoms with van der Waals surface area (Å²) in [7, 11) is 3.70. The number of thioether (sulfide) groups is 1. The summed E-state index contributed by atoms with van der Waals surface area (Å²) in [6.45, 7) is 12.8. The van der Waals surface area contributed by atoms with Crippen LogP contribution >= 0.6 is 11.8 Å². The van der Waals surface area contributed by atoms with Gasteiger partial charge in [-0.25, -0.2) is 0 Å². The molecule has 2 N–H and O–H groups in total. The Morgan fingerprint density at radius 1 is 0.642 bits per heavy atom. The van der Waals surface area contributed by atoms with E-state index < -0.39 is 0 Å². The van der Waals surface area contributed by atoms with E-state index in [1.165, 1.54) is 0 Å². The van der Waals surface area contributed by atoms with Crippen molar-refractivity contribution in [3.8, 4) is 5.75 Å². The molecule has 53 heavy (non-hydrogen) atoms. The van der Waals surface area contributed by atoms with Crippen LogP contribution < -0.4 is 14.5 Å². The Kier molecular flexibility index (Phi) is 23.6. The summed E-state index contributed by atoms with van der Waals surface area (Å²) in [5.41, 5.74) is 4.98. The topological polar surface area (TPSA) is 155 Å². The smallest absolute Gasteiger partial charge is 0.194 e. The highest BCUT2D eigenvalue weighted by molar-refractivity contribution is 8.00. The maximum Gasteiger partial charge on any atom is 0.194 e. The fraction of sp³-hybridized carbons (Fsp3) is 0.676. The number of azo groups is 1. The molecule has 2 aromatic rings. The summed E-state index contributed by atoms with van der Waals surface area (Å²) >= 11 is 1.65. The van der Waals surface area contributed by atoms with Gasteiger partial charge in [-0.05, 0) is 55.3 Å². The zero-order valence-electron chi connectivity index (χ0n) is 31.9. The third-order valence-corrected chi connectivity index (χ3v) is 9.15. The highest BCUT2D eigenvalue weighted by Gasteiger charge is 2.27. The number of rotatable bonds is 32. The second-order valence-electron chi connectivity index (χ2n) is 11.9. The van der Waals surface area contributed by atoms with Crippen molar-refractivity contribution in [2.45, 2.75) is 24.2 Å². The monoisotopic (exact) mass is 768 g/mol. The molecule has 0 saturated heterocycles. The van der Waals surface area contributed by atoms with Crippen LogP contribution in [0.15, 0.2) is 45.5 Å². The van der Waals surface area contributed by atoms with Crippen molar-refractivity contribution < 1.29 is 52.8 Å². The van der Waals surface area contributed by atoms with Crippen LogP contribution in [-0.2, 0) is 37.9 Å². The number of hydrogen-bond acceptors (Lipinski definition) is 16. The van der Waals surface area contributed by atoms with Gasteiger partial charge in [-0.2, -0.15) is 10.2 Å². The van der Waals surface area contributed by atoms with Gasteiger partial charge in [0, 0.05) is 30.7 Å². The highest BCUT2D eigenvalue weighted by atomic mass is 32.2. The van der Waals surface area contributed by atoms with E-state index in [0.29, 0.717) is 119 Å². The highest BCUT2D eigenvalue weighted by Crippen LogP contribution is 2.45. The average molecular weight is 769 g/mol. The molecular formula is C37H60N4O11S. The van der Waals surface area contributed by atoms with Crippen LogP contribution in [0.3, 0.4) is 0 Å². The van der Waals surface area contributed by atoms with Crippen molar-refractivity contribution in [3.05, 3.63) is 41.5 Å². The number of hydrogen-bond donors (Lipinski definition) is 2. The first-order valence-corrected chi connectivity index (χ1v) is 19.0. The standard InChI is InChI=1S/C37H60N4O11S/c1-30-28-35(31(2)27-33(30)38-39-37-40(3)34-6-5-32(44-4)29-36(34)53-37)41(7-11-45-15-19-49-23-25-51-21-17-47-13-9-42)8-12-46-16-20-50-24-26-52-22-18-48-14-10-43/h5-6,27-29,37,42-43H,7-26H2,1-4H3. The fourth-order valence-electron chi connectivity index (χ4n) is 5.12. The molecule has 1 aliphatic rings. The van der Waals surface area contributed by atoms with Crippen LogP contribution in [-0.4, -0.2) is 162 Å². The minimum absolute atomic E-state index is 0.0103. The summed E-state index contributed by atoms with van der Waals surface area (Å²) in [5.74, 6) is 0.824. The van der Waals surface area contributed by atoms with E-state index in [1.54, 1.807) is 18.9 Å². The van der Waals surface area contributed by atoms with E-state index in [4.69, 9.17) is 63.1 Å². The largest absolute Gasteiger partial charge is 0.497 e. The van der Waals surface area contributed by atoms with Gasteiger partial charge in [-0.1, -0.05) is 11.8 Å². The van der Waals surface area contributed by atoms with Gasteiger partial charge >= 0.3 is 0 Å². The number of nitrogens with zero attached hydrogens (tertiary/aromatic N) is 4.